The van der Waals surface area contributed by atoms with E-state index in [9.17, 15) is 19.8 Å². The number of phenols is 1. The maximum atomic E-state index is 14.2. The zero-order chi connectivity index (χ0) is 52.5. The molecule has 5 N–H and O–H groups in total. The number of hydrogen-bond donors (Lipinski definition) is 4. The second kappa shape index (κ2) is 22.3. The number of nitrogens with two attached hydrogens (primary N) is 1. The Hall–Kier alpha value is -6.94. The summed E-state index contributed by atoms with van der Waals surface area (Å²) in [5, 5.41) is 45.8. The number of para-hydroxylation sites is 1. The van der Waals surface area contributed by atoms with Crippen LogP contribution in [-0.2, 0) is 14.3 Å². The van der Waals surface area contributed by atoms with Gasteiger partial charge in [-0.3, -0.25) is 14.5 Å². The average molecular weight is 1060 g/mol. The summed E-state index contributed by atoms with van der Waals surface area (Å²) in [6.45, 7) is 10.3. The van der Waals surface area contributed by atoms with E-state index in [0.29, 0.717) is 47.7 Å². The molecule has 4 saturated heterocycles. The minimum absolute atomic E-state index is 0.0465. The van der Waals surface area contributed by atoms with Crippen LogP contribution in [0.2, 0.25) is 0 Å². The highest BCUT2D eigenvalue weighted by Gasteiger charge is 2.45. The van der Waals surface area contributed by atoms with Crippen molar-refractivity contribution in [3.8, 4) is 39.3 Å². The monoisotopic (exact) mass is 1050 g/mol. The van der Waals surface area contributed by atoms with Crippen LogP contribution in [0.25, 0.3) is 21.8 Å². The number of hydrogen-bond acceptors (Lipinski definition) is 19. The molecular weight excluding hydrogens is 989 g/mol. The van der Waals surface area contributed by atoms with E-state index in [2.05, 4.69) is 62.7 Å². The number of piperazine rings is 1. The molecule has 2 bridgehead atoms. The maximum Gasteiger partial charge on any atom is 0.254 e. The Morgan fingerprint density at radius 2 is 1.66 bits per heavy atom. The van der Waals surface area contributed by atoms with Crippen molar-refractivity contribution in [1.29, 1.82) is 0 Å². The van der Waals surface area contributed by atoms with Gasteiger partial charge in [0.05, 0.1) is 35.7 Å². The van der Waals surface area contributed by atoms with Crippen molar-refractivity contribution >= 4 is 40.3 Å². The fourth-order valence-electron chi connectivity index (χ4n) is 11.6. The van der Waals surface area contributed by atoms with E-state index in [4.69, 9.17) is 24.5 Å². The van der Waals surface area contributed by atoms with Crippen LogP contribution >= 0.6 is 11.3 Å². The van der Waals surface area contributed by atoms with Gasteiger partial charge in [-0.2, -0.15) is 0 Å². The van der Waals surface area contributed by atoms with E-state index in [0.717, 1.165) is 92.2 Å². The summed E-state index contributed by atoms with van der Waals surface area (Å²) in [4.78, 5) is 41.2. The molecule has 4 aromatic heterocycles. The number of likely N-dealkylation sites (tertiary alicyclic amines) is 2. The fourth-order valence-corrected chi connectivity index (χ4v) is 12.2. The number of nitrogens with one attached hydrogen (secondary N) is 1. The fraction of sp³-hybridized carbons (Fsp3) is 0.491. The number of carbonyl (C=O) groups is 2. The molecule has 1 saturated carbocycles. The third kappa shape index (κ3) is 11.1. The highest BCUT2D eigenvalue weighted by atomic mass is 32.1. The lowest BCUT2D eigenvalue weighted by Crippen LogP contribution is -2.54. The molecule has 2 amide bonds. The van der Waals surface area contributed by atoms with Crippen molar-refractivity contribution in [2.45, 2.75) is 120 Å². The number of pyridine rings is 1. The molecule has 1 aliphatic carbocycles. The number of aliphatic hydroxyl groups is 1. The highest BCUT2D eigenvalue weighted by molar-refractivity contribution is 7.12. The van der Waals surface area contributed by atoms with Gasteiger partial charge in [-0.1, -0.05) is 61.6 Å². The average Bonchev–Trinajstić information content (AvgIpc) is 4.27. The van der Waals surface area contributed by atoms with Crippen molar-refractivity contribution in [2.75, 3.05) is 61.4 Å². The van der Waals surface area contributed by atoms with Crippen LogP contribution in [0.4, 0.5) is 17.2 Å². The number of fused-ring (bicyclic) bond motifs is 2. The summed E-state index contributed by atoms with van der Waals surface area (Å²) in [5.74, 6) is 0.298. The first-order valence-corrected chi connectivity index (χ1v) is 27.5. The largest absolute Gasteiger partial charge is 0.507 e. The molecule has 6 aromatic rings. The van der Waals surface area contributed by atoms with Gasteiger partial charge in [0.2, 0.25) is 17.7 Å². The molecule has 0 radical (unpaired) electrons. The number of amides is 2. The van der Waals surface area contributed by atoms with E-state index in [1.165, 1.54) is 16.2 Å². The molecule has 11 rings (SSSR count). The number of anilines is 3. The van der Waals surface area contributed by atoms with Crippen LogP contribution in [0.3, 0.4) is 0 Å². The summed E-state index contributed by atoms with van der Waals surface area (Å²) in [7, 11) is 0. The Morgan fingerprint density at radius 3 is 2.39 bits per heavy atom. The Balaban J connectivity index is 0.601. The third-order valence-electron chi connectivity index (χ3n) is 15.7. The standard InChI is InChI=1S/C55H66N12O8S/c1-32(2)51(55(71)66-30-39(68)23-46(66)53(70)59-33(3)34-8-10-35(11-9-34)54-62-58-31-76-54)48-27-50(63-75-48)72-21-20-64-18-15-40(16-19-64)73-41-24-42(25-41)74-49-22-36(14-17-57-49)67-37-12-13-38(67)29-65(28-37)45-26-44(60-61-52(45)56)43-6-4-5-7-47(43)69/h4-11,14,17,22,26-27,31-33,37-42,46,51,68-69H,12-13,15-16,18-21,23-25,28-30H2,1-3H3,(H2,56,61)(H,59,70)/t33-,37+,38?,39+,41?,42?,46-,51+/m0/s1. The molecule has 20 nitrogen and oxygen atoms in total. The van der Waals surface area contributed by atoms with Gasteiger partial charge in [-0.25, -0.2) is 4.98 Å². The number of β-amino-alcohol motifs (C(OH)–C–C–N with tert-alkyl or cyclic N) is 1. The Labute approximate surface area is 445 Å². The zero-order valence-corrected chi connectivity index (χ0v) is 43.9. The van der Waals surface area contributed by atoms with Crippen LogP contribution in [0.15, 0.2) is 89.0 Å². The molecule has 2 aromatic carbocycles. The van der Waals surface area contributed by atoms with Gasteiger partial charge in [-0.15, -0.1) is 20.4 Å². The van der Waals surface area contributed by atoms with Crippen molar-refractivity contribution in [1.82, 2.24) is 45.7 Å². The van der Waals surface area contributed by atoms with Crippen molar-refractivity contribution < 1.29 is 38.5 Å². The lowest BCUT2D eigenvalue weighted by atomic mass is 9.91. The Bertz CT molecular complexity index is 2940. The molecule has 5 fully saturated rings. The van der Waals surface area contributed by atoms with E-state index in [1.54, 1.807) is 23.7 Å². The predicted octanol–water partition coefficient (Wildman–Crippen LogP) is 6.24. The molecule has 400 valence electrons. The van der Waals surface area contributed by atoms with Crippen molar-refractivity contribution in [3.05, 3.63) is 95.8 Å². The van der Waals surface area contributed by atoms with Crippen LogP contribution in [0.1, 0.15) is 89.0 Å². The van der Waals surface area contributed by atoms with Crippen LogP contribution < -0.4 is 30.3 Å². The van der Waals surface area contributed by atoms with Crippen LogP contribution in [0.5, 0.6) is 17.5 Å². The predicted molar refractivity (Wildman–Crippen MR) is 285 cm³/mol. The number of nitrogens with zero attached hydrogens (tertiary/aromatic N) is 10. The number of piperidine rings is 1. The number of benzene rings is 2. The molecule has 6 atom stereocenters. The van der Waals surface area contributed by atoms with Gasteiger partial charge in [0.25, 0.3) is 5.88 Å². The van der Waals surface area contributed by atoms with E-state index < -0.39 is 18.1 Å². The van der Waals surface area contributed by atoms with Crippen molar-refractivity contribution in [2.24, 2.45) is 5.92 Å². The number of aliphatic hydroxyl groups excluding tert-OH is 1. The van der Waals surface area contributed by atoms with Gasteiger partial charge >= 0.3 is 0 Å². The van der Waals surface area contributed by atoms with Crippen LogP contribution in [0, 0.1) is 5.92 Å². The minimum Gasteiger partial charge on any atom is -0.507 e. The number of aromatic nitrogens is 6. The SMILES string of the molecule is CC(C)[C@@H](C(=O)N1C[C@H](O)C[C@H]1C(=O)N[C@@H](C)c1ccc(-c2nncs2)cc1)c1cc(OCCN2CCC(OC3CC(Oc4cc(N5C6CC[C@@H]5CN(c5cc(-c7ccccc7O)nnc5N)C6)ccn4)C3)CC2)no1. The lowest BCUT2D eigenvalue weighted by molar-refractivity contribution is -0.141. The van der Waals surface area contributed by atoms with Crippen molar-refractivity contribution in [3.63, 3.8) is 0 Å². The Morgan fingerprint density at radius 1 is 0.882 bits per heavy atom. The molecule has 5 aliphatic rings. The molecule has 21 heteroatoms. The molecule has 0 spiro atoms. The number of nitrogen functional groups attached to an aromatic ring is 1. The molecule has 1 unspecified atom stereocenters. The number of rotatable bonds is 18. The minimum atomic E-state index is -0.837. The second-order valence-corrected chi connectivity index (χ2v) is 22.0. The molecular formula is C55H66N12O8S. The van der Waals surface area contributed by atoms with Gasteiger partial charge < -0.3 is 54.7 Å². The van der Waals surface area contributed by atoms with Gasteiger partial charge in [0.15, 0.2) is 11.6 Å². The lowest BCUT2D eigenvalue weighted by Gasteiger charge is -2.43. The zero-order valence-electron chi connectivity index (χ0n) is 43.1. The number of phenolic OH excluding ortho intramolecular Hbond substituents is 1. The van der Waals surface area contributed by atoms with E-state index >= 15 is 0 Å². The van der Waals surface area contributed by atoms with E-state index in [1.807, 2.05) is 69.4 Å². The second-order valence-electron chi connectivity index (χ2n) is 21.2. The molecule has 76 heavy (non-hydrogen) atoms. The first-order valence-electron chi connectivity index (χ1n) is 26.6. The van der Waals surface area contributed by atoms with Gasteiger partial charge in [-0.05, 0) is 73.5 Å². The third-order valence-corrected chi connectivity index (χ3v) is 16.5. The molecule has 8 heterocycles. The normalized spacial score (nSPS) is 23.6. The first-order chi connectivity index (χ1) is 36.9. The summed E-state index contributed by atoms with van der Waals surface area (Å²) >= 11 is 1.45. The maximum absolute atomic E-state index is 14.2. The van der Waals surface area contributed by atoms with Gasteiger partial charge in [0, 0.05) is 106 Å². The van der Waals surface area contributed by atoms with Crippen LogP contribution in [-0.4, -0.2) is 151 Å². The summed E-state index contributed by atoms with van der Waals surface area (Å²) < 4.78 is 24.7. The number of carbonyl (C=O) groups excluding carboxylic acids is 2. The Kier molecular flexibility index (Phi) is 15.0. The van der Waals surface area contributed by atoms with Gasteiger partial charge in [0.1, 0.15) is 40.9 Å². The summed E-state index contributed by atoms with van der Waals surface area (Å²) in [6, 6.07) is 22.1. The number of ether oxygens (including phenoxy) is 3. The molecule has 4 aliphatic heterocycles. The summed E-state index contributed by atoms with van der Waals surface area (Å²) in [6.07, 6.45) is 7.20. The smallest absolute Gasteiger partial charge is 0.254 e. The quantitative estimate of drug-likeness (QED) is 0.0744. The first kappa shape index (κ1) is 51.2. The summed E-state index contributed by atoms with van der Waals surface area (Å²) in [5.41, 5.74) is 13.1. The van der Waals surface area contributed by atoms with E-state index in [-0.39, 0.29) is 72.9 Å². The highest BCUT2D eigenvalue weighted by Crippen LogP contribution is 2.41. The topological polar surface area (TPSA) is 244 Å². The number of aromatic hydroxyl groups is 1.